The average molecular weight is 267 g/mol. The number of halogens is 1. The van der Waals surface area contributed by atoms with E-state index in [0.717, 1.165) is 11.6 Å². The van der Waals surface area contributed by atoms with Crippen LogP contribution in [0.3, 0.4) is 0 Å². The Kier molecular flexibility index (Phi) is 5.04. The van der Waals surface area contributed by atoms with Gasteiger partial charge < -0.3 is 10.2 Å². The Labute approximate surface area is 115 Å². The van der Waals surface area contributed by atoms with Crippen molar-refractivity contribution in [3.8, 4) is 0 Å². The predicted octanol–water partition coefficient (Wildman–Crippen LogP) is 3.13. The molecule has 18 heavy (non-hydrogen) atoms. The summed E-state index contributed by atoms with van der Waals surface area (Å²) >= 11 is 6.05. The van der Waals surface area contributed by atoms with Gasteiger partial charge in [0.15, 0.2) is 0 Å². The molecule has 1 unspecified atom stereocenters. The maximum absolute atomic E-state index is 6.05. The van der Waals surface area contributed by atoms with E-state index >= 15 is 0 Å². The summed E-state index contributed by atoms with van der Waals surface area (Å²) in [6, 6.07) is 8.96. The fourth-order valence-corrected chi connectivity index (χ4v) is 2.91. The summed E-state index contributed by atoms with van der Waals surface area (Å²) in [7, 11) is 2.06. The molecular formula is C15H23ClN2. The van der Waals surface area contributed by atoms with Crippen molar-refractivity contribution in [2.24, 2.45) is 0 Å². The van der Waals surface area contributed by atoms with Crippen LogP contribution in [0, 0.1) is 0 Å². The molecule has 1 saturated heterocycles. The molecule has 2 rings (SSSR count). The van der Waals surface area contributed by atoms with Gasteiger partial charge in [0, 0.05) is 17.6 Å². The first-order chi connectivity index (χ1) is 8.69. The second kappa shape index (κ2) is 6.55. The Morgan fingerprint density at radius 3 is 2.72 bits per heavy atom. The predicted molar refractivity (Wildman–Crippen MR) is 78.4 cm³/mol. The fraction of sp³-hybridized carbons (Fsp3) is 0.600. The molecule has 3 heteroatoms. The van der Waals surface area contributed by atoms with Crippen molar-refractivity contribution < 1.29 is 0 Å². The van der Waals surface area contributed by atoms with Gasteiger partial charge >= 0.3 is 0 Å². The molecule has 2 nitrogen and oxygen atoms in total. The largest absolute Gasteiger partial charge is 0.317 e. The molecule has 0 saturated carbocycles. The van der Waals surface area contributed by atoms with E-state index in [9.17, 15) is 0 Å². The summed E-state index contributed by atoms with van der Waals surface area (Å²) in [4.78, 5) is 2.57. The second-order valence-corrected chi connectivity index (χ2v) is 5.76. The Morgan fingerprint density at radius 2 is 2.11 bits per heavy atom. The summed E-state index contributed by atoms with van der Waals surface area (Å²) in [5, 5.41) is 4.21. The average Bonchev–Trinajstić information content (AvgIpc) is 2.39. The highest BCUT2D eigenvalue weighted by atomic mass is 35.5. The number of rotatable bonds is 4. The SMILES string of the molecule is CNC1CCN(CC(C)c2cccc(Cl)c2)CC1. The number of hydrogen-bond donors (Lipinski definition) is 1. The van der Waals surface area contributed by atoms with E-state index in [-0.39, 0.29) is 0 Å². The van der Waals surface area contributed by atoms with Crippen LogP contribution >= 0.6 is 11.6 Å². The minimum Gasteiger partial charge on any atom is -0.317 e. The quantitative estimate of drug-likeness (QED) is 0.901. The van der Waals surface area contributed by atoms with E-state index in [1.807, 2.05) is 12.1 Å². The van der Waals surface area contributed by atoms with Crippen molar-refractivity contribution >= 4 is 11.6 Å². The zero-order valence-corrected chi connectivity index (χ0v) is 12.1. The van der Waals surface area contributed by atoms with Gasteiger partial charge in [-0.1, -0.05) is 30.7 Å². The Bertz CT molecular complexity index is 373. The topological polar surface area (TPSA) is 15.3 Å². The standard InChI is InChI=1S/C15H23ClN2/c1-12(13-4-3-5-14(16)10-13)11-18-8-6-15(17-2)7-9-18/h3-5,10,12,15,17H,6-9,11H2,1-2H3. The van der Waals surface area contributed by atoms with Crippen molar-refractivity contribution in [2.75, 3.05) is 26.7 Å². The summed E-state index contributed by atoms with van der Waals surface area (Å²) in [5.41, 5.74) is 1.35. The molecule has 1 heterocycles. The second-order valence-electron chi connectivity index (χ2n) is 5.32. The van der Waals surface area contributed by atoms with Crippen molar-refractivity contribution in [2.45, 2.75) is 31.7 Å². The Hall–Kier alpha value is -0.570. The molecule has 1 atom stereocenters. The number of piperidine rings is 1. The number of benzene rings is 1. The normalized spacial score (nSPS) is 19.9. The number of likely N-dealkylation sites (tertiary alicyclic amines) is 1. The lowest BCUT2D eigenvalue weighted by atomic mass is 9.98. The van der Waals surface area contributed by atoms with Gasteiger partial charge in [-0.25, -0.2) is 0 Å². The fourth-order valence-electron chi connectivity index (χ4n) is 2.71. The van der Waals surface area contributed by atoms with Gasteiger partial charge in [-0.05, 0) is 56.6 Å². The van der Waals surface area contributed by atoms with Crippen LogP contribution in [0.15, 0.2) is 24.3 Å². The zero-order chi connectivity index (χ0) is 13.0. The lowest BCUT2D eigenvalue weighted by molar-refractivity contribution is 0.194. The van der Waals surface area contributed by atoms with Crippen LogP contribution in [0.25, 0.3) is 0 Å². The van der Waals surface area contributed by atoms with Crippen molar-refractivity contribution in [3.05, 3.63) is 34.9 Å². The number of nitrogens with zero attached hydrogens (tertiary/aromatic N) is 1. The third-order valence-electron chi connectivity index (χ3n) is 3.95. The van der Waals surface area contributed by atoms with Crippen LogP contribution in [-0.2, 0) is 0 Å². The van der Waals surface area contributed by atoms with E-state index in [4.69, 9.17) is 11.6 Å². The molecule has 1 aromatic carbocycles. The van der Waals surface area contributed by atoms with Gasteiger partial charge in [0.25, 0.3) is 0 Å². The first-order valence-corrected chi connectivity index (χ1v) is 7.22. The maximum Gasteiger partial charge on any atom is 0.0408 e. The molecule has 1 N–H and O–H groups in total. The van der Waals surface area contributed by atoms with Gasteiger partial charge in [-0.15, -0.1) is 0 Å². The van der Waals surface area contributed by atoms with E-state index in [1.165, 1.54) is 31.5 Å². The molecule has 0 radical (unpaired) electrons. The molecule has 0 aliphatic carbocycles. The van der Waals surface area contributed by atoms with E-state index in [0.29, 0.717) is 12.0 Å². The molecule has 0 aromatic heterocycles. The highest BCUT2D eigenvalue weighted by molar-refractivity contribution is 6.30. The van der Waals surface area contributed by atoms with Crippen LogP contribution in [0.2, 0.25) is 5.02 Å². The Morgan fingerprint density at radius 1 is 1.39 bits per heavy atom. The Balaban J connectivity index is 1.86. The van der Waals surface area contributed by atoms with Crippen LogP contribution < -0.4 is 5.32 Å². The third-order valence-corrected chi connectivity index (χ3v) is 4.18. The van der Waals surface area contributed by atoms with Gasteiger partial charge in [0.2, 0.25) is 0 Å². The minimum atomic E-state index is 0.551. The van der Waals surface area contributed by atoms with E-state index in [1.54, 1.807) is 0 Å². The van der Waals surface area contributed by atoms with Gasteiger partial charge in [-0.3, -0.25) is 0 Å². The van der Waals surface area contributed by atoms with Gasteiger partial charge in [-0.2, -0.15) is 0 Å². The highest BCUT2D eigenvalue weighted by Crippen LogP contribution is 2.21. The molecule has 0 bridgehead atoms. The van der Waals surface area contributed by atoms with Gasteiger partial charge in [0.05, 0.1) is 0 Å². The monoisotopic (exact) mass is 266 g/mol. The van der Waals surface area contributed by atoms with E-state index in [2.05, 4.69) is 36.3 Å². The first kappa shape index (κ1) is 13.9. The molecule has 0 spiro atoms. The molecule has 0 amide bonds. The van der Waals surface area contributed by atoms with Crippen LogP contribution in [-0.4, -0.2) is 37.6 Å². The maximum atomic E-state index is 6.05. The summed E-state index contributed by atoms with van der Waals surface area (Å²) in [6.45, 7) is 5.83. The zero-order valence-electron chi connectivity index (χ0n) is 11.3. The summed E-state index contributed by atoms with van der Waals surface area (Å²) < 4.78 is 0. The third kappa shape index (κ3) is 3.71. The smallest absolute Gasteiger partial charge is 0.0408 e. The van der Waals surface area contributed by atoms with Crippen LogP contribution in [0.4, 0.5) is 0 Å². The van der Waals surface area contributed by atoms with E-state index < -0.39 is 0 Å². The molecule has 1 fully saturated rings. The molecular weight excluding hydrogens is 244 g/mol. The number of nitrogens with one attached hydrogen (secondary N) is 1. The molecule has 1 aliphatic heterocycles. The molecule has 100 valence electrons. The molecule has 1 aliphatic rings. The van der Waals surface area contributed by atoms with Crippen molar-refractivity contribution in [3.63, 3.8) is 0 Å². The number of hydrogen-bond acceptors (Lipinski definition) is 2. The lowest BCUT2D eigenvalue weighted by Gasteiger charge is -2.33. The molecule has 1 aromatic rings. The van der Waals surface area contributed by atoms with Crippen LogP contribution in [0.1, 0.15) is 31.2 Å². The minimum absolute atomic E-state index is 0.551. The summed E-state index contributed by atoms with van der Waals surface area (Å²) in [5.74, 6) is 0.551. The van der Waals surface area contributed by atoms with Crippen LogP contribution in [0.5, 0.6) is 0 Å². The van der Waals surface area contributed by atoms with Gasteiger partial charge in [0.1, 0.15) is 0 Å². The summed E-state index contributed by atoms with van der Waals surface area (Å²) in [6.07, 6.45) is 2.53. The lowest BCUT2D eigenvalue weighted by Crippen LogP contribution is -2.42. The van der Waals surface area contributed by atoms with Crippen molar-refractivity contribution in [1.29, 1.82) is 0 Å². The van der Waals surface area contributed by atoms with Crippen molar-refractivity contribution in [1.82, 2.24) is 10.2 Å². The highest BCUT2D eigenvalue weighted by Gasteiger charge is 2.19. The first-order valence-electron chi connectivity index (χ1n) is 6.84.